The molecular formula is C15H19FN2. The fraction of sp³-hybridized carbons (Fsp3) is 0.533. The fourth-order valence-electron chi connectivity index (χ4n) is 2.46. The molecule has 0 atom stereocenters. The van der Waals surface area contributed by atoms with Crippen molar-refractivity contribution < 1.29 is 4.39 Å². The highest BCUT2D eigenvalue weighted by Gasteiger charge is 2.40. The summed E-state index contributed by atoms with van der Waals surface area (Å²) in [7, 11) is 0. The molecule has 2 nitrogen and oxygen atoms in total. The third-order valence-electron chi connectivity index (χ3n) is 3.72. The number of hydrogen-bond acceptors (Lipinski definition) is 2. The molecule has 1 saturated carbocycles. The Labute approximate surface area is 108 Å². The molecule has 96 valence electrons. The molecule has 0 unspecified atom stereocenters. The number of benzene rings is 1. The molecule has 0 aliphatic heterocycles. The first kappa shape index (κ1) is 13.0. The Morgan fingerprint density at radius 2 is 2.22 bits per heavy atom. The summed E-state index contributed by atoms with van der Waals surface area (Å²) < 4.78 is 13.1. The minimum atomic E-state index is -0.439. The van der Waals surface area contributed by atoms with Crippen molar-refractivity contribution in [3.63, 3.8) is 0 Å². The molecule has 18 heavy (non-hydrogen) atoms. The Morgan fingerprint density at radius 1 is 1.44 bits per heavy atom. The van der Waals surface area contributed by atoms with Gasteiger partial charge in [-0.3, -0.25) is 0 Å². The van der Waals surface area contributed by atoms with Crippen LogP contribution in [0.1, 0.15) is 43.7 Å². The maximum Gasteiger partial charge on any atom is 0.140 e. The molecule has 0 saturated heterocycles. The van der Waals surface area contributed by atoms with Crippen LogP contribution in [-0.2, 0) is 6.54 Å². The quantitative estimate of drug-likeness (QED) is 0.835. The lowest BCUT2D eigenvalue weighted by Gasteiger charge is -2.15. The van der Waals surface area contributed by atoms with Gasteiger partial charge < -0.3 is 5.32 Å². The van der Waals surface area contributed by atoms with E-state index in [1.165, 1.54) is 31.7 Å². The standard InChI is InChI=1S/C15H19FN2/c1-2-5-15(6-7-15)11-18-10-12-3-4-14(16)13(8-12)9-17/h3-4,8,18H,2,5-7,10-11H2,1H3. The van der Waals surface area contributed by atoms with Crippen molar-refractivity contribution in [3.8, 4) is 6.07 Å². The maximum absolute atomic E-state index is 13.1. The predicted octanol–water partition coefficient (Wildman–Crippen LogP) is 3.37. The molecule has 1 aromatic rings. The minimum absolute atomic E-state index is 0.129. The monoisotopic (exact) mass is 246 g/mol. The van der Waals surface area contributed by atoms with Crippen molar-refractivity contribution in [2.45, 2.75) is 39.2 Å². The van der Waals surface area contributed by atoms with Crippen LogP contribution in [0, 0.1) is 22.6 Å². The second kappa shape index (κ2) is 5.49. The van der Waals surface area contributed by atoms with Crippen molar-refractivity contribution in [1.29, 1.82) is 5.26 Å². The lowest BCUT2D eigenvalue weighted by atomic mass is 10.0. The predicted molar refractivity (Wildman–Crippen MR) is 69.4 cm³/mol. The molecule has 1 N–H and O–H groups in total. The molecule has 1 fully saturated rings. The Bertz CT molecular complexity index is 458. The van der Waals surface area contributed by atoms with E-state index in [0.717, 1.165) is 12.1 Å². The SMILES string of the molecule is CCCC1(CNCc2ccc(F)c(C#N)c2)CC1. The van der Waals surface area contributed by atoms with Gasteiger partial charge in [-0.1, -0.05) is 19.4 Å². The van der Waals surface area contributed by atoms with Crippen LogP contribution in [0.2, 0.25) is 0 Å². The van der Waals surface area contributed by atoms with E-state index in [0.29, 0.717) is 12.0 Å². The summed E-state index contributed by atoms with van der Waals surface area (Å²) in [5.74, 6) is -0.439. The van der Waals surface area contributed by atoms with Gasteiger partial charge in [0.2, 0.25) is 0 Å². The zero-order valence-electron chi connectivity index (χ0n) is 10.8. The molecule has 0 heterocycles. The van der Waals surface area contributed by atoms with Crippen LogP contribution in [0.3, 0.4) is 0 Å². The van der Waals surface area contributed by atoms with Crippen LogP contribution in [0.5, 0.6) is 0 Å². The topological polar surface area (TPSA) is 35.8 Å². The van der Waals surface area contributed by atoms with Gasteiger partial charge in [-0.2, -0.15) is 5.26 Å². The summed E-state index contributed by atoms with van der Waals surface area (Å²) in [4.78, 5) is 0. The van der Waals surface area contributed by atoms with Crippen LogP contribution in [0.25, 0.3) is 0 Å². The molecule has 0 radical (unpaired) electrons. The highest BCUT2D eigenvalue weighted by atomic mass is 19.1. The molecule has 1 aromatic carbocycles. The van der Waals surface area contributed by atoms with E-state index in [9.17, 15) is 4.39 Å². The first-order chi connectivity index (χ1) is 8.69. The van der Waals surface area contributed by atoms with Gasteiger partial charge in [0.1, 0.15) is 11.9 Å². The van der Waals surface area contributed by atoms with Crippen LogP contribution >= 0.6 is 0 Å². The molecule has 0 aromatic heterocycles. The van der Waals surface area contributed by atoms with Gasteiger partial charge in [-0.25, -0.2) is 4.39 Å². The lowest BCUT2D eigenvalue weighted by molar-refractivity contribution is 0.421. The van der Waals surface area contributed by atoms with Crippen molar-refractivity contribution in [2.24, 2.45) is 5.41 Å². The highest BCUT2D eigenvalue weighted by Crippen LogP contribution is 2.48. The van der Waals surface area contributed by atoms with Gasteiger partial charge in [-0.15, -0.1) is 0 Å². The molecule has 0 bridgehead atoms. The zero-order valence-corrected chi connectivity index (χ0v) is 10.8. The number of rotatable bonds is 6. The molecule has 1 aliphatic rings. The van der Waals surface area contributed by atoms with E-state index < -0.39 is 5.82 Å². The summed E-state index contributed by atoms with van der Waals surface area (Å²) in [6.45, 7) is 3.96. The van der Waals surface area contributed by atoms with E-state index in [-0.39, 0.29) is 5.56 Å². The van der Waals surface area contributed by atoms with E-state index in [1.54, 1.807) is 12.1 Å². The van der Waals surface area contributed by atoms with E-state index in [1.807, 2.05) is 6.07 Å². The Morgan fingerprint density at radius 3 is 2.83 bits per heavy atom. The van der Waals surface area contributed by atoms with Gasteiger partial charge in [0, 0.05) is 13.1 Å². The zero-order chi connectivity index (χ0) is 13.0. The average Bonchev–Trinajstić information content (AvgIpc) is 3.12. The van der Waals surface area contributed by atoms with Gasteiger partial charge in [0.25, 0.3) is 0 Å². The number of hydrogen-bond donors (Lipinski definition) is 1. The second-order valence-electron chi connectivity index (χ2n) is 5.28. The number of nitrogens with one attached hydrogen (secondary N) is 1. The summed E-state index contributed by atoms with van der Waals surface area (Å²) in [6.07, 6.45) is 5.16. The smallest absolute Gasteiger partial charge is 0.140 e. The fourth-order valence-corrected chi connectivity index (χ4v) is 2.46. The lowest BCUT2D eigenvalue weighted by Crippen LogP contribution is -2.23. The van der Waals surface area contributed by atoms with Crippen LogP contribution < -0.4 is 5.32 Å². The number of halogens is 1. The first-order valence-corrected chi connectivity index (χ1v) is 6.58. The third-order valence-corrected chi connectivity index (χ3v) is 3.72. The maximum atomic E-state index is 13.1. The van der Waals surface area contributed by atoms with Crippen molar-refractivity contribution >= 4 is 0 Å². The third kappa shape index (κ3) is 3.08. The first-order valence-electron chi connectivity index (χ1n) is 6.58. The number of nitriles is 1. The van der Waals surface area contributed by atoms with Gasteiger partial charge in [0.05, 0.1) is 5.56 Å². The summed E-state index contributed by atoms with van der Waals surface area (Å²) in [5, 5.41) is 12.2. The van der Waals surface area contributed by atoms with Crippen LogP contribution in [0.4, 0.5) is 4.39 Å². The Hall–Kier alpha value is -1.40. The molecule has 2 rings (SSSR count). The normalized spacial score (nSPS) is 16.3. The summed E-state index contributed by atoms with van der Waals surface area (Å²) >= 11 is 0. The van der Waals surface area contributed by atoms with Gasteiger partial charge >= 0.3 is 0 Å². The van der Waals surface area contributed by atoms with Crippen molar-refractivity contribution in [3.05, 3.63) is 35.1 Å². The molecule has 0 spiro atoms. The van der Waals surface area contributed by atoms with Crippen LogP contribution in [0.15, 0.2) is 18.2 Å². The minimum Gasteiger partial charge on any atom is -0.312 e. The van der Waals surface area contributed by atoms with Crippen molar-refractivity contribution in [1.82, 2.24) is 5.32 Å². The van der Waals surface area contributed by atoms with E-state index >= 15 is 0 Å². The molecular weight excluding hydrogens is 227 g/mol. The number of nitrogens with zero attached hydrogens (tertiary/aromatic N) is 1. The molecule has 1 aliphatic carbocycles. The van der Waals surface area contributed by atoms with Gasteiger partial charge in [-0.05, 0) is 42.4 Å². The largest absolute Gasteiger partial charge is 0.312 e. The van der Waals surface area contributed by atoms with Crippen LogP contribution in [-0.4, -0.2) is 6.54 Å². The summed E-state index contributed by atoms with van der Waals surface area (Å²) in [5.41, 5.74) is 1.62. The van der Waals surface area contributed by atoms with Gasteiger partial charge in [0.15, 0.2) is 0 Å². The average molecular weight is 246 g/mol. The molecule has 3 heteroatoms. The van der Waals surface area contributed by atoms with Crippen molar-refractivity contribution in [2.75, 3.05) is 6.54 Å². The second-order valence-corrected chi connectivity index (χ2v) is 5.28. The highest BCUT2D eigenvalue weighted by molar-refractivity contribution is 5.34. The summed E-state index contributed by atoms with van der Waals surface area (Å²) in [6, 6.07) is 6.61. The molecule has 0 amide bonds. The van der Waals surface area contributed by atoms with E-state index in [4.69, 9.17) is 5.26 Å². The van der Waals surface area contributed by atoms with E-state index in [2.05, 4.69) is 12.2 Å². The Kier molecular flexibility index (Phi) is 3.98. The Balaban J connectivity index is 1.86.